The number of aliphatic hydroxyl groups is 1. The number of para-hydroxylation sites is 1. The van der Waals surface area contributed by atoms with Gasteiger partial charge in [-0.1, -0.05) is 66.2 Å². The number of halogens is 1. The normalized spacial score (nSPS) is 26.5. The number of aryl methyl sites for hydroxylation is 1. The van der Waals surface area contributed by atoms with Crippen LogP contribution in [0.4, 0.5) is 5.69 Å². The predicted octanol–water partition coefficient (Wildman–Crippen LogP) is 5.31. The molecule has 3 heterocycles. The number of aliphatic hydroxyl groups excluding tert-OH is 1. The Bertz CT molecular complexity index is 1430. The van der Waals surface area contributed by atoms with E-state index in [1.807, 2.05) is 56.3 Å². The molecule has 240 valence electrons. The average molecular weight is 634 g/mol. The Morgan fingerprint density at radius 2 is 1.78 bits per heavy atom. The largest absolute Gasteiger partial charge is 0.396 e. The van der Waals surface area contributed by atoms with Gasteiger partial charge in [0.25, 0.3) is 5.91 Å². The van der Waals surface area contributed by atoms with Gasteiger partial charge in [-0.15, -0.1) is 13.2 Å². The summed E-state index contributed by atoms with van der Waals surface area (Å²) in [6.45, 7) is 12.9. The number of carbonyl (C=O) groups is 3. The fourth-order valence-electron chi connectivity index (χ4n) is 7.81. The second-order valence-corrected chi connectivity index (χ2v) is 13.1. The Morgan fingerprint density at radius 3 is 2.44 bits per heavy atom. The lowest BCUT2D eigenvalue weighted by Crippen LogP contribution is -2.56. The first-order valence-corrected chi connectivity index (χ1v) is 16.2. The molecule has 45 heavy (non-hydrogen) atoms. The number of benzene rings is 2. The second kappa shape index (κ2) is 13.5. The molecule has 3 aliphatic heterocycles. The van der Waals surface area contributed by atoms with Crippen molar-refractivity contribution in [3.8, 4) is 0 Å². The molecule has 0 radical (unpaired) electrons. The van der Waals surface area contributed by atoms with Gasteiger partial charge in [-0.05, 0) is 63.1 Å². The number of likely N-dealkylation sites (tertiary alicyclic amines) is 1. The van der Waals surface area contributed by atoms with E-state index in [9.17, 15) is 19.5 Å². The molecule has 2 bridgehead atoms. The van der Waals surface area contributed by atoms with Crippen LogP contribution in [-0.2, 0) is 25.7 Å². The Labute approximate surface area is 271 Å². The number of hydrogen-bond acceptors (Lipinski definition) is 5. The summed E-state index contributed by atoms with van der Waals surface area (Å²) in [4.78, 5) is 49.0. The molecule has 0 aromatic heterocycles. The van der Waals surface area contributed by atoms with Gasteiger partial charge in [0.1, 0.15) is 11.6 Å². The maximum atomic E-state index is 14.9. The van der Waals surface area contributed by atoms with E-state index in [0.717, 1.165) is 11.1 Å². The molecule has 1 spiro atoms. The highest BCUT2D eigenvalue weighted by atomic mass is 35.5. The van der Waals surface area contributed by atoms with Crippen LogP contribution in [0.5, 0.6) is 0 Å². The number of ether oxygens (including phenoxy) is 1. The number of hydrogen-bond donors (Lipinski definition) is 1. The summed E-state index contributed by atoms with van der Waals surface area (Å²) < 4.78 is 6.89. The Balaban J connectivity index is 1.56. The number of fused-ring (bicyclic) bond motifs is 1. The van der Waals surface area contributed by atoms with Crippen LogP contribution in [0.3, 0.4) is 0 Å². The predicted molar refractivity (Wildman–Crippen MR) is 176 cm³/mol. The van der Waals surface area contributed by atoms with Crippen molar-refractivity contribution in [2.24, 2.45) is 11.8 Å². The van der Waals surface area contributed by atoms with Gasteiger partial charge < -0.3 is 24.5 Å². The van der Waals surface area contributed by atoms with Gasteiger partial charge >= 0.3 is 0 Å². The first-order valence-electron chi connectivity index (χ1n) is 15.9. The number of rotatable bonds is 14. The fraction of sp³-hybridized carbons (Fsp3) is 0.472. The van der Waals surface area contributed by atoms with Gasteiger partial charge in [0, 0.05) is 32.8 Å². The van der Waals surface area contributed by atoms with E-state index in [4.69, 9.17) is 16.3 Å². The number of unbranched alkanes of at least 4 members (excludes halogenated alkanes) is 2. The monoisotopic (exact) mass is 633 g/mol. The number of nitrogens with zero attached hydrogens (tertiary/aromatic N) is 3. The van der Waals surface area contributed by atoms with Crippen LogP contribution in [-0.4, -0.2) is 76.1 Å². The number of amides is 3. The molecule has 3 fully saturated rings. The molecule has 2 aromatic carbocycles. The van der Waals surface area contributed by atoms with Crippen molar-refractivity contribution < 1.29 is 24.2 Å². The summed E-state index contributed by atoms with van der Waals surface area (Å²) in [5, 5.41) is 9.80. The van der Waals surface area contributed by atoms with Crippen LogP contribution in [0, 0.1) is 18.8 Å². The van der Waals surface area contributed by atoms with Gasteiger partial charge in [0.05, 0.1) is 28.1 Å². The van der Waals surface area contributed by atoms with Crippen LogP contribution in [0.25, 0.3) is 0 Å². The van der Waals surface area contributed by atoms with E-state index < -0.39 is 29.1 Å². The summed E-state index contributed by atoms with van der Waals surface area (Å²) >= 11 is 6.68. The van der Waals surface area contributed by atoms with Crippen molar-refractivity contribution in [3.05, 3.63) is 90.0 Å². The lowest BCUT2D eigenvalue weighted by Gasteiger charge is -2.37. The summed E-state index contributed by atoms with van der Waals surface area (Å²) in [7, 11) is 0. The summed E-state index contributed by atoms with van der Waals surface area (Å²) in [6, 6.07) is 14.3. The lowest BCUT2D eigenvalue weighted by molar-refractivity contribution is -0.150. The molecule has 3 aliphatic rings. The zero-order valence-electron chi connectivity index (χ0n) is 26.3. The third-order valence-electron chi connectivity index (χ3n) is 9.75. The third-order valence-corrected chi connectivity index (χ3v) is 10.1. The Morgan fingerprint density at radius 1 is 1.04 bits per heavy atom. The quantitative estimate of drug-likeness (QED) is 0.225. The molecule has 0 saturated carbocycles. The van der Waals surface area contributed by atoms with E-state index in [2.05, 4.69) is 13.2 Å². The second-order valence-electron chi connectivity index (χ2n) is 12.7. The van der Waals surface area contributed by atoms with Crippen molar-refractivity contribution in [2.45, 2.75) is 69.7 Å². The van der Waals surface area contributed by atoms with Gasteiger partial charge in [-0.25, -0.2) is 0 Å². The highest BCUT2D eigenvalue weighted by Crippen LogP contribution is 2.63. The molecule has 1 N–H and O–H groups in total. The molecule has 0 aliphatic carbocycles. The topological polar surface area (TPSA) is 90.4 Å². The van der Waals surface area contributed by atoms with Crippen molar-refractivity contribution in [2.75, 3.05) is 31.1 Å². The lowest BCUT2D eigenvalue weighted by atomic mass is 9.66. The highest BCUT2D eigenvalue weighted by molar-refractivity contribution is 6.34. The van der Waals surface area contributed by atoms with Gasteiger partial charge in [-0.3, -0.25) is 14.4 Å². The van der Waals surface area contributed by atoms with Crippen LogP contribution < -0.4 is 4.90 Å². The molecule has 9 heteroatoms. The molecule has 2 aromatic rings. The SMILES string of the molecule is C=CCN(Cc1ccccc1)C(=O)[C@H]1[C@H]2C(=O)N(CCCCCO)C(C(=O)N(CC=C)c3c(C)cccc3Cl)C23CC[C@]1(C)O3. The molecule has 5 atom stereocenters. The number of anilines is 1. The molecule has 5 rings (SSSR count). The average Bonchev–Trinajstić information content (AvgIpc) is 3.59. The van der Waals surface area contributed by atoms with Crippen LogP contribution in [0.15, 0.2) is 73.8 Å². The van der Waals surface area contributed by atoms with Crippen LogP contribution in [0.1, 0.15) is 50.2 Å². The van der Waals surface area contributed by atoms with E-state index in [0.29, 0.717) is 62.4 Å². The minimum Gasteiger partial charge on any atom is -0.396 e. The Hall–Kier alpha value is -3.46. The maximum absolute atomic E-state index is 14.9. The minimum absolute atomic E-state index is 0.0559. The summed E-state index contributed by atoms with van der Waals surface area (Å²) in [6.07, 6.45) is 6.29. The first kappa shape index (κ1) is 32.9. The van der Waals surface area contributed by atoms with Crippen LogP contribution in [0.2, 0.25) is 5.02 Å². The van der Waals surface area contributed by atoms with E-state index >= 15 is 0 Å². The molecular weight excluding hydrogens is 590 g/mol. The molecular formula is C36H44ClN3O5. The fourth-order valence-corrected chi connectivity index (χ4v) is 8.14. The van der Waals surface area contributed by atoms with Gasteiger partial charge in [-0.2, -0.15) is 0 Å². The molecule has 8 nitrogen and oxygen atoms in total. The van der Waals surface area contributed by atoms with Gasteiger partial charge in [0.2, 0.25) is 11.8 Å². The van der Waals surface area contributed by atoms with E-state index in [1.165, 1.54) is 0 Å². The summed E-state index contributed by atoms with van der Waals surface area (Å²) in [5.41, 5.74) is 0.300. The van der Waals surface area contributed by atoms with Gasteiger partial charge in [0.15, 0.2) is 0 Å². The van der Waals surface area contributed by atoms with Crippen molar-refractivity contribution in [3.63, 3.8) is 0 Å². The van der Waals surface area contributed by atoms with E-state index in [-0.39, 0.29) is 30.9 Å². The van der Waals surface area contributed by atoms with Crippen molar-refractivity contribution in [1.82, 2.24) is 9.80 Å². The smallest absolute Gasteiger partial charge is 0.253 e. The molecule has 2 unspecified atom stereocenters. The maximum Gasteiger partial charge on any atom is 0.253 e. The van der Waals surface area contributed by atoms with Crippen molar-refractivity contribution in [1.29, 1.82) is 0 Å². The number of carbonyl (C=O) groups excluding carboxylic acids is 3. The van der Waals surface area contributed by atoms with E-state index in [1.54, 1.807) is 32.9 Å². The van der Waals surface area contributed by atoms with Crippen molar-refractivity contribution >= 4 is 35.0 Å². The van der Waals surface area contributed by atoms with Crippen LogP contribution >= 0.6 is 11.6 Å². The minimum atomic E-state index is -1.17. The Kier molecular flexibility index (Phi) is 9.87. The first-order chi connectivity index (χ1) is 21.6. The zero-order chi connectivity index (χ0) is 32.4. The third kappa shape index (κ3) is 5.84. The highest BCUT2D eigenvalue weighted by Gasteiger charge is 2.78. The zero-order valence-corrected chi connectivity index (χ0v) is 27.0. The molecule has 3 saturated heterocycles. The molecule has 3 amide bonds. The standard InChI is InChI=1S/C36H44ClN3O5/c1-5-20-38(24-26-15-9-7-10-16-26)32(42)28-29-33(43)40(22-11-8-12-23-41)31(36(29)19-18-35(28,4)45-36)34(44)39(21-6-2)30-25(3)14-13-17-27(30)37/h5-7,9-10,13-17,28-29,31,41H,1-2,8,11-12,18-24H2,3-4H3/t28-,29+,31?,35+,36?/m1/s1. The summed E-state index contributed by atoms with van der Waals surface area (Å²) in [5.74, 6) is -2.26.